The molecule has 1 amide bonds. The fourth-order valence-electron chi connectivity index (χ4n) is 5.42. The second kappa shape index (κ2) is 13.8. The van der Waals surface area contributed by atoms with Crippen LogP contribution in [-0.2, 0) is 9.53 Å². The fourth-order valence-corrected chi connectivity index (χ4v) is 5.42. The Balaban J connectivity index is 1.11. The number of carbonyl (C=O) groups is 1. The Hall–Kier alpha value is -4.68. The molecule has 1 saturated heterocycles. The third-order valence-corrected chi connectivity index (χ3v) is 8.36. The van der Waals surface area contributed by atoms with E-state index in [2.05, 4.69) is 15.5 Å². The summed E-state index contributed by atoms with van der Waals surface area (Å²) < 4.78 is 52.3. The molecular formula is C34H37F2N4O6+. The van der Waals surface area contributed by atoms with Gasteiger partial charge in [0.1, 0.15) is 11.6 Å². The number of rotatable bonds is 13. The summed E-state index contributed by atoms with van der Waals surface area (Å²) in [6.45, 7) is 5.02. The first-order valence-corrected chi connectivity index (χ1v) is 15.3. The highest BCUT2D eigenvalue weighted by molar-refractivity contribution is 5.97. The van der Waals surface area contributed by atoms with Crippen LogP contribution in [0.5, 0.6) is 23.0 Å². The molecule has 46 heavy (non-hydrogen) atoms. The van der Waals surface area contributed by atoms with Crippen LogP contribution < -0.4 is 29.6 Å². The van der Waals surface area contributed by atoms with Gasteiger partial charge < -0.3 is 29.6 Å². The van der Waals surface area contributed by atoms with Gasteiger partial charge in [0.05, 0.1) is 49.9 Å². The predicted octanol–water partition coefficient (Wildman–Crippen LogP) is 5.38. The number of fused-ring (bicyclic) bond motifs is 1. The second-order valence-corrected chi connectivity index (χ2v) is 11.5. The Morgan fingerprint density at radius 3 is 2.46 bits per heavy atom. The lowest BCUT2D eigenvalue weighted by atomic mass is 10.1. The van der Waals surface area contributed by atoms with Crippen LogP contribution in [0.25, 0.3) is 10.9 Å². The number of nitrogens with zero attached hydrogens (tertiary/aromatic N) is 2. The molecule has 2 fully saturated rings. The first-order valence-electron chi connectivity index (χ1n) is 15.3. The van der Waals surface area contributed by atoms with Crippen LogP contribution in [0.15, 0.2) is 66.9 Å². The molecule has 1 aliphatic carbocycles. The van der Waals surface area contributed by atoms with Gasteiger partial charge in [0.2, 0.25) is 12.1 Å². The van der Waals surface area contributed by atoms with Gasteiger partial charge in [-0.1, -0.05) is 0 Å². The zero-order valence-electron chi connectivity index (χ0n) is 25.6. The average Bonchev–Trinajstić information content (AvgIpc) is 3.87. The van der Waals surface area contributed by atoms with E-state index in [9.17, 15) is 14.4 Å². The summed E-state index contributed by atoms with van der Waals surface area (Å²) in [5.41, 5.74) is 0.780. The summed E-state index contributed by atoms with van der Waals surface area (Å²) >= 11 is 0. The highest BCUT2D eigenvalue weighted by atomic mass is 19.1. The van der Waals surface area contributed by atoms with Gasteiger partial charge in [-0.2, -0.15) is 0 Å². The normalized spacial score (nSPS) is 15.7. The minimum absolute atomic E-state index is 0.0588. The molecule has 2 heterocycles. The molecule has 10 nitrogen and oxygen atoms in total. The topological polar surface area (TPSA) is 105 Å². The van der Waals surface area contributed by atoms with Crippen molar-refractivity contribution in [3.8, 4) is 23.0 Å². The maximum atomic E-state index is 15.3. The van der Waals surface area contributed by atoms with Gasteiger partial charge >= 0.3 is 0 Å². The number of amides is 1. The number of anilines is 2. The number of aromatic nitrogens is 1. The van der Waals surface area contributed by atoms with Gasteiger partial charge in [0.25, 0.3) is 5.52 Å². The number of morpholine rings is 1. The molecule has 12 heteroatoms. The van der Waals surface area contributed by atoms with Crippen molar-refractivity contribution in [1.82, 2.24) is 4.90 Å². The monoisotopic (exact) mass is 635 g/mol. The molecule has 6 rings (SSSR count). The summed E-state index contributed by atoms with van der Waals surface area (Å²) in [6, 6.07) is 15.0. The molecule has 3 N–H and O–H groups in total. The number of hydrogen-bond donors (Lipinski definition) is 3. The minimum Gasteiger partial charge on any atom is -0.493 e. The Morgan fingerprint density at radius 1 is 0.978 bits per heavy atom. The molecule has 0 atom stereocenters. The van der Waals surface area contributed by atoms with E-state index in [0.29, 0.717) is 59.8 Å². The number of halogens is 2. The fraction of sp³-hybridized carbons (Fsp3) is 0.353. The van der Waals surface area contributed by atoms with Crippen LogP contribution >= 0.6 is 0 Å². The molecule has 0 radical (unpaired) electrons. The molecule has 0 spiro atoms. The second-order valence-electron chi connectivity index (χ2n) is 11.5. The van der Waals surface area contributed by atoms with Crippen molar-refractivity contribution >= 4 is 28.2 Å². The van der Waals surface area contributed by atoms with Crippen LogP contribution in [0.2, 0.25) is 0 Å². The summed E-state index contributed by atoms with van der Waals surface area (Å²) in [6.07, 6.45) is 3.58. The van der Waals surface area contributed by atoms with Crippen molar-refractivity contribution in [2.75, 3.05) is 63.7 Å². The maximum Gasteiger partial charge on any atom is 0.272 e. The summed E-state index contributed by atoms with van der Waals surface area (Å²) in [4.78, 5) is 15.4. The highest BCUT2D eigenvalue weighted by Crippen LogP contribution is 2.47. The Bertz CT molecular complexity index is 1690. The van der Waals surface area contributed by atoms with Gasteiger partial charge in [-0.15, -0.1) is 0 Å². The van der Waals surface area contributed by atoms with E-state index >= 15 is 4.39 Å². The standard InChI is InChI=1S/C34H36F2N4O6/c1-43-31-20-26-28(21-32(31)45-16-2-12-39-14-17-44-18-15-39)40(42)13-9-29(26)46-30-8-7-25(19-27(30)36)38-33(41)34(10-11-34)22-37-24-5-3-23(35)4-6-24/h3-9,13,19-21,37H,2,10-12,14-18,22H2,1H3,(H-,38,41,42)/p+1. The van der Waals surface area contributed by atoms with E-state index in [-0.39, 0.29) is 23.2 Å². The van der Waals surface area contributed by atoms with Crippen LogP contribution in [0.4, 0.5) is 20.2 Å². The third-order valence-electron chi connectivity index (χ3n) is 8.36. The molecule has 1 saturated carbocycles. The number of hydrogen-bond acceptors (Lipinski definition) is 8. The van der Waals surface area contributed by atoms with Crippen molar-refractivity contribution in [3.63, 3.8) is 0 Å². The number of pyridine rings is 1. The lowest BCUT2D eigenvalue weighted by molar-refractivity contribution is -0.884. The summed E-state index contributed by atoms with van der Waals surface area (Å²) in [7, 11) is 1.52. The highest BCUT2D eigenvalue weighted by Gasteiger charge is 2.49. The van der Waals surface area contributed by atoms with Crippen LogP contribution in [0.1, 0.15) is 19.3 Å². The summed E-state index contributed by atoms with van der Waals surface area (Å²) in [5.74, 6) is -0.0912. The van der Waals surface area contributed by atoms with E-state index < -0.39 is 11.2 Å². The largest absolute Gasteiger partial charge is 0.493 e. The number of benzene rings is 3. The van der Waals surface area contributed by atoms with Gasteiger partial charge in [-0.25, -0.2) is 8.78 Å². The molecule has 4 aromatic rings. The molecule has 0 unspecified atom stereocenters. The maximum absolute atomic E-state index is 15.3. The molecule has 0 bridgehead atoms. The Kier molecular flexibility index (Phi) is 9.36. The van der Waals surface area contributed by atoms with Crippen LogP contribution in [-0.4, -0.2) is 69.1 Å². The van der Waals surface area contributed by atoms with Gasteiger partial charge in [-0.3, -0.25) is 14.9 Å². The molecule has 3 aromatic carbocycles. The number of ether oxygens (including phenoxy) is 4. The van der Waals surface area contributed by atoms with Gasteiger partial charge in [0.15, 0.2) is 23.1 Å². The van der Waals surface area contributed by atoms with E-state index in [4.69, 9.17) is 18.9 Å². The van der Waals surface area contributed by atoms with Crippen molar-refractivity contribution < 1.29 is 42.5 Å². The smallest absolute Gasteiger partial charge is 0.272 e. The molecule has 1 aliphatic heterocycles. The minimum atomic E-state index is -0.673. The van der Waals surface area contributed by atoms with Crippen LogP contribution in [0.3, 0.4) is 0 Å². The van der Waals surface area contributed by atoms with Gasteiger partial charge in [0, 0.05) is 54.4 Å². The number of carbonyl (C=O) groups excluding carboxylic acids is 1. The molecule has 2 aliphatic rings. The molecule has 242 valence electrons. The predicted molar refractivity (Wildman–Crippen MR) is 167 cm³/mol. The number of nitrogens with one attached hydrogen (secondary N) is 2. The SMILES string of the molecule is COc1cc2c(Oc3ccc(NC(=O)C4(CNc5ccc(F)cc5)CC4)cc3F)cc[n+](O)c2cc1OCCCN1CCOCC1. The first kappa shape index (κ1) is 31.3. The Labute approximate surface area is 265 Å². The van der Waals surface area contributed by atoms with E-state index in [1.165, 1.54) is 43.6 Å². The lowest BCUT2D eigenvalue weighted by Gasteiger charge is -2.26. The third kappa shape index (κ3) is 7.24. The average molecular weight is 636 g/mol. The van der Waals surface area contributed by atoms with Crippen molar-refractivity contribution in [2.45, 2.75) is 19.3 Å². The van der Waals surface area contributed by atoms with Crippen LogP contribution in [0, 0.1) is 17.0 Å². The van der Waals surface area contributed by atoms with Gasteiger partial charge in [-0.05, 0) is 55.7 Å². The molecule has 1 aromatic heterocycles. The van der Waals surface area contributed by atoms with E-state index in [1.54, 1.807) is 30.3 Å². The zero-order valence-corrected chi connectivity index (χ0v) is 25.6. The van der Waals surface area contributed by atoms with Crippen molar-refractivity contribution in [3.05, 3.63) is 78.5 Å². The van der Waals surface area contributed by atoms with Crippen molar-refractivity contribution in [1.29, 1.82) is 0 Å². The quantitative estimate of drug-likeness (QED) is 0.102. The lowest BCUT2D eigenvalue weighted by Crippen LogP contribution is -2.37. The Morgan fingerprint density at radius 2 is 1.74 bits per heavy atom. The molecular weight excluding hydrogens is 598 g/mol. The first-order chi connectivity index (χ1) is 22.3. The summed E-state index contributed by atoms with van der Waals surface area (Å²) in [5, 5.41) is 17.0. The van der Waals surface area contributed by atoms with E-state index in [1.807, 2.05) is 0 Å². The number of methoxy groups -OCH3 is 1. The zero-order chi connectivity index (χ0) is 32.1. The van der Waals surface area contributed by atoms with Crippen molar-refractivity contribution in [2.24, 2.45) is 5.41 Å². The van der Waals surface area contributed by atoms with E-state index in [0.717, 1.165) is 44.0 Å².